The zero-order valence-corrected chi connectivity index (χ0v) is 7.27. The molecule has 0 fully saturated rings. The molecule has 0 aliphatic heterocycles. The van der Waals surface area contributed by atoms with Crippen molar-refractivity contribution in [3.63, 3.8) is 0 Å². The van der Waals surface area contributed by atoms with Crippen LogP contribution < -0.4 is 5.73 Å². The van der Waals surface area contributed by atoms with Crippen LogP contribution in [0, 0.1) is 0 Å². The molecule has 0 heterocycles. The summed E-state index contributed by atoms with van der Waals surface area (Å²) in [7, 11) is 0. The number of hydrogen-bond donors (Lipinski definition) is 3. The second-order valence-corrected chi connectivity index (χ2v) is 3.55. The molecule has 3 nitrogen and oxygen atoms in total. The Morgan fingerprint density at radius 1 is 1.31 bits per heavy atom. The zero-order valence-electron chi connectivity index (χ0n) is 7.27. The molecule has 4 N–H and O–H groups in total. The maximum atomic E-state index is 9.52. The lowest BCUT2D eigenvalue weighted by Gasteiger charge is -2.27. The number of rotatable bonds is 0. The third kappa shape index (κ3) is 1.41. The maximum Gasteiger partial charge on any atom is 0.119 e. The highest BCUT2D eigenvalue weighted by atomic mass is 16.3. The Morgan fingerprint density at radius 2 is 2.08 bits per heavy atom. The van der Waals surface area contributed by atoms with Gasteiger partial charge in [-0.15, -0.1) is 0 Å². The second-order valence-electron chi connectivity index (χ2n) is 3.55. The van der Waals surface area contributed by atoms with Gasteiger partial charge >= 0.3 is 0 Å². The quantitative estimate of drug-likeness (QED) is 0.532. The van der Waals surface area contributed by atoms with E-state index in [1.807, 2.05) is 6.07 Å². The number of benzene rings is 1. The number of hydrogen-bond acceptors (Lipinski definition) is 3. The van der Waals surface area contributed by atoms with Gasteiger partial charge in [0.2, 0.25) is 0 Å². The van der Waals surface area contributed by atoms with Crippen LogP contribution in [0.3, 0.4) is 0 Å². The van der Waals surface area contributed by atoms with Crippen LogP contribution in [0.25, 0.3) is 0 Å². The van der Waals surface area contributed by atoms with Crippen LogP contribution in [0.4, 0.5) is 0 Å². The summed E-state index contributed by atoms with van der Waals surface area (Å²) in [6.45, 7) is 0. The number of aliphatic hydroxyl groups excluding tert-OH is 1. The number of aromatic hydroxyl groups is 1. The lowest BCUT2D eigenvalue weighted by Crippen LogP contribution is -2.41. The van der Waals surface area contributed by atoms with Crippen molar-refractivity contribution in [1.82, 2.24) is 0 Å². The molecule has 0 spiro atoms. The molecule has 13 heavy (non-hydrogen) atoms. The molecule has 3 heteroatoms. The third-order valence-electron chi connectivity index (χ3n) is 2.61. The highest BCUT2D eigenvalue weighted by Gasteiger charge is 2.25. The fraction of sp³-hybridized carbons (Fsp3) is 0.400. The van der Waals surface area contributed by atoms with Gasteiger partial charge in [-0.1, -0.05) is 12.1 Å². The summed E-state index contributed by atoms with van der Waals surface area (Å²) < 4.78 is 0. The molecule has 0 unspecified atom stereocenters. The average Bonchev–Trinajstić information content (AvgIpc) is 2.09. The molecular formula is C10H13NO2. The standard InChI is InChI=1S/C10H13NO2/c11-8-5-7-6(4-10(8)13)2-1-3-9(7)12/h1-3,8,10,12-13H,4-5,11H2/t8-,10-/m0/s1. The van der Waals surface area contributed by atoms with Gasteiger partial charge in [-0.05, 0) is 23.6 Å². The molecule has 1 aliphatic carbocycles. The van der Waals surface area contributed by atoms with Crippen LogP contribution in [0.1, 0.15) is 11.1 Å². The molecular weight excluding hydrogens is 166 g/mol. The maximum absolute atomic E-state index is 9.52. The average molecular weight is 179 g/mol. The van der Waals surface area contributed by atoms with Crippen LogP contribution in [-0.2, 0) is 12.8 Å². The minimum Gasteiger partial charge on any atom is -0.508 e. The van der Waals surface area contributed by atoms with E-state index in [0.717, 1.165) is 11.1 Å². The monoisotopic (exact) mass is 179 g/mol. The molecule has 0 saturated carbocycles. The topological polar surface area (TPSA) is 66.5 Å². The van der Waals surface area contributed by atoms with Crippen molar-refractivity contribution in [2.45, 2.75) is 25.0 Å². The third-order valence-corrected chi connectivity index (χ3v) is 2.61. The van der Waals surface area contributed by atoms with Crippen LogP contribution in [0.2, 0.25) is 0 Å². The number of fused-ring (bicyclic) bond motifs is 1. The summed E-state index contributed by atoms with van der Waals surface area (Å²) in [4.78, 5) is 0. The Hall–Kier alpha value is -1.06. The summed E-state index contributed by atoms with van der Waals surface area (Å²) >= 11 is 0. The number of nitrogens with two attached hydrogens (primary N) is 1. The van der Waals surface area contributed by atoms with Gasteiger partial charge in [0.1, 0.15) is 5.75 Å². The van der Waals surface area contributed by atoms with E-state index in [0.29, 0.717) is 18.6 Å². The molecule has 0 aromatic heterocycles. The van der Waals surface area contributed by atoms with E-state index in [-0.39, 0.29) is 6.04 Å². The SMILES string of the molecule is N[C@H]1Cc2c(O)cccc2C[C@@H]1O. The lowest BCUT2D eigenvalue weighted by atomic mass is 9.86. The number of phenolic OH excluding ortho intramolecular Hbond substituents is 1. The van der Waals surface area contributed by atoms with Crippen molar-refractivity contribution in [2.24, 2.45) is 5.73 Å². The predicted octanol–water partition coefficient (Wildman–Crippen LogP) is 0.179. The Morgan fingerprint density at radius 3 is 2.85 bits per heavy atom. The van der Waals surface area contributed by atoms with Crippen LogP contribution in [0.5, 0.6) is 5.75 Å². The first-order chi connectivity index (χ1) is 6.18. The molecule has 1 aromatic carbocycles. The van der Waals surface area contributed by atoms with E-state index in [1.165, 1.54) is 0 Å². The van der Waals surface area contributed by atoms with E-state index in [1.54, 1.807) is 12.1 Å². The second kappa shape index (κ2) is 3.01. The Balaban J connectivity index is 2.42. The molecule has 1 aromatic rings. The zero-order chi connectivity index (χ0) is 9.42. The van der Waals surface area contributed by atoms with Gasteiger partial charge in [0.05, 0.1) is 6.10 Å². The summed E-state index contributed by atoms with van der Waals surface area (Å²) in [6, 6.07) is 5.12. The minimum atomic E-state index is -0.478. The van der Waals surface area contributed by atoms with Crippen molar-refractivity contribution >= 4 is 0 Å². The molecule has 0 saturated heterocycles. The largest absolute Gasteiger partial charge is 0.508 e. The highest BCUT2D eigenvalue weighted by Crippen LogP contribution is 2.28. The van der Waals surface area contributed by atoms with Crippen LogP contribution in [-0.4, -0.2) is 22.4 Å². The fourth-order valence-corrected chi connectivity index (χ4v) is 1.80. The number of phenols is 1. The first-order valence-electron chi connectivity index (χ1n) is 4.42. The van der Waals surface area contributed by atoms with Crippen molar-refractivity contribution in [2.75, 3.05) is 0 Å². The van der Waals surface area contributed by atoms with Gasteiger partial charge in [-0.3, -0.25) is 0 Å². The van der Waals surface area contributed by atoms with Crippen LogP contribution >= 0.6 is 0 Å². The van der Waals surface area contributed by atoms with Crippen LogP contribution in [0.15, 0.2) is 18.2 Å². The van der Waals surface area contributed by atoms with Gasteiger partial charge < -0.3 is 15.9 Å². The first-order valence-corrected chi connectivity index (χ1v) is 4.42. The Kier molecular flexibility index (Phi) is 1.98. The van der Waals surface area contributed by atoms with Gasteiger partial charge in [0, 0.05) is 12.5 Å². The molecule has 2 atom stereocenters. The smallest absolute Gasteiger partial charge is 0.119 e. The first kappa shape index (κ1) is 8.53. The molecule has 0 bridgehead atoms. The molecule has 1 aliphatic rings. The lowest BCUT2D eigenvalue weighted by molar-refractivity contribution is 0.136. The Bertz CT molecular complexity index is 325. The molecule has 2 rings (SSSR count). The van der Waals surface area contributed by atoms with Crippen molar-refractivity contribution in [3.8, 4) is 5.75 Å². The summed E-state index contributed by atoms with van der Waals surface area (Å²) in [5, 5.41) is 19.0. The van der Waals surface area contributed by atoms with Crippen molar-refractivity contribution in [1.29, 1.82) is 0 Å². The normalized spacial score (nSPS) is 26.9. The summed E-state index contributed by atoms with van der Waals surface area (Å²) in [5.41, 5.74) is 7.60. The predicted molar refractivity (Wildman–Crippen MR) is 49.5 cm³/mol. The van der Waals surface area contributed by atoms with Crippen molar-refractivity contribution in [3.05, 3.63) is 29.3 Å². The molecule has 0 amide bonds. The van der Waals surface area contributed by atoms with Gasteiger partial charge in [-0.2, -0.15) is 0 Å². The van der Waals surface area contributed by atoms with Gasteiger partial charge in [-0.25, -0.2) is 0 Å². The van der Waals surface area contributed by atoms with E-state index < -0.39 is 6.10 Å². The van der Waals surface area contributed by atoms with E-state index in [4.69, 9.17) is 5.73 Å². The van der Waals surface area contributed by atoms with E-state index in [2.05, 4.69) is 0 Å². The van der Waals surface area contributed by atoms with Gasteiger partial charge in [0.25, 0.3) is 0 Å². The molecule has 0 radical (unpaired) electrons. The summed E-state index contributed by atoms with van der Waals surface area (Å²) in [6.07, 6.45) is 0.628. The summed E-state index contributed by atoms with van der Waals surface area (Å²) in [5.74, 6) is 0.292. The van der Waals surface area contributed by atoms with Crippen molar-refractivity contribution < 1.29 is 10.2 Å². The minimum absolute atomic E-state index is 0.249. The number of aliphatic hydroxyl groups is 1. The molecule has 70 valence electrons. The fourth-order valence-electron chi connectivity index (χ4n) is 1.80. The van der Waals surface area contributed by atoms with E-state index >= 15 is 0 Å². The Labute approximate surface area is 76.8 Å². The highest BCUT2D eigenvalue weighted by molar-refractivity contribution is 5.42. The van der Waals surface area contributed by atoms with E-state index in [9.17, 15) is 10.2 Å². The van der Waals surface area contributed by atoms with Gasteiger partial charge in [0.15, 0.2) is 0 Å².